The van der Waals surface area contributed by atoms with Gasteiger partial charge in [-0.3, -0.25) is 4.99 Å². The normalized spacial score (nSPS) is 15.5. The summed E-state index contributed by atoms with van der Waals surface area (Å²) in [5.41, 5.74) is 14.7. The van der Waals surface area contributed by atoms with E-state index in [1.54, 1.807) is 0 Å². The molecule has 2 heterocycles. The molecule has 304 valence electrons. The minimum atomic E-state index is -0.0132. The molecule has 64 heavy (non-hydrogen) atoms. The Bertz CT molecular complexity index is 3600. The molecule has 10 aromatic carbocycles. The third kappa shape index (κ3) is 6.37. The number of para-hydroxylation sites is 1. The molecule has 0 N–H and O–H groups in total. The summed E-state index contributed by atoms with van der Waals surface area (Å²) in [7, 11) is 0. The lowest BCUT2D eigenvalue weighted by atomic mass is 9.79. The summed E-state index contributed by atoms with van der Waals surface area (Å²) < 4.78 is 2.43. The average molecular weight is 819 g/mol. The number of aliphatic imine (C=N–C) groups is 1. The van der Waals surface area contributed by atoms with Gasteiger partial charge < -0.3 is 4.57 Å². The van der Waals surface area contributed by atoms with Gasteiger partial charge >= 0.3 is 0 Å². The van der Waals surface area contributed by atoms with Gasteiger partial charge in [0.15, 0.2) is 0 Å². The predicted octanol–water partition coefficient (Wildman–Crippen LogP) is 16.6. The van der Waals surface area contributed by atoms with Crippen molar-refractivity contribution < 1.29 is 0 Å². The summed E-state index contributed by atoms with van der Waals surface area (Å²) in [5.74, 6) is 0.185. The maximum Gasteiger partial charge on any atom is 0.0821 e. The van der Waals surface area contributed by atoms with Crippen LogP contribution in [0.2, 0.25) is 0 Å². The Morgan fingerprint density at radius 2 is 0.984 bits per heavy atom. The number of aromatic nitrogens is 1. The first-order valence-corrected chi connectivity index (χ1v) is 22.7. The van der Waals surface area contributed by atoms with Crippen LogP contribution in [0.1, 0.15) is 42.5 Å². The number of fused-ring (bicyclic) bond motifs is 9. The summed E-state index contributed by atoms with van der Waals surface area (Å²) >= 11 is 0. The topological polar surface area (TPSA) is 17.3 Å². The number of benzene rings is 10. The number of rotatable bonds is 7. The van der Waals surface area contributed by atoms with E-state index in [-0.39, 0.29) is 12.0 Å². The molecule has 11 aromatic rings. The van der Waals surface area contributed by atoms with Crippen LogP contribution >= 0.6 is 0 Å². The van der Waals surface area contributed by atoms with Crippen LogP contribution in [0.15, 0.2) is 229 Å². The highest BCUT2D eigenvalue weighted by atomic mass is 15.0. The lowest BCUT2D eigenvalue weighted by Crippen LogP contribution is -2.13. The predicted molar refractivity (Wildman–Crippen MR) is 273 cm³/mol. The third-order valence-electron chi connectivity index (χ3n) is 13.7. The maximum absolute atomic E-state index is 5.64. The van der Waals surface area contributed by atoms with E-state index in [1.165, 1.54) is 98.6 Å². The Hall–Kier alpha value is -7.81. The molecular weight excluding hydrogens is 773 g/mol. The molecule has 0 saturated heterocycles. The van der Waals surface area contributed by atoms with Crippen LogP contribution in [0.4, 0.5) is 0 Å². The van der Waals surface area contributed by atoms with E-state index in [9.17, 15) is 0 Å². The quantitative estimate of drug-likeness (QED) is 0.143. The Kier molecular flexibility index (Phi) is 9.38. The SMILES string of the molecule is CCC1C(c2cccc3c4ccccc4c4ccc(-c5ccc6c7ccccc7n(-c7ccc(-c8ccccc8)cc7)c6c5)cc4c23)=CCC(c2ccccc2)=NC1c1ccccc1. The Balaban J connectivity index is 1.06. The van der Waals surface area contributed by atoms with E-state index < -0.39 is 0 Å². The lowest BCUT2D eigenvalue weighted by molar-refractivity contribution is 0.526. The largest absolute Gasteiger partial charge is 0.309 e. The van der Waals surface area contributed by atoms with Crippen molar-refractivity contribution in [2.24, 2.45) is 10.9 Å². The van der Waals surface area contributed by atoms with Crippen LogP contribution < -0.4 is 0 Å². The first-order valence-electron chi connectivity index (χ1n) is 22.7. The second kappa shape index (κ2) is 15.8. The summed E-state index contributed by atoms with van der Waals surface area (Å²) in [6.07, 6.45) is 4.24. The van der Waals surface area contributed by atoms with Crippen molar-refractivity contribution in [3.05, 3.63) is 241 Å². The Morgan fingerprint density at radius 3 is 1.72 bits per heavy atom. The summed E-state index contributed by atoms with van der Waals surface area (Å²) in [6, 6.07) is 80.3. The number of hydrogen-bond donors (Lipinski definition) is 0. The van der Waals surface area contributed by atoms with Crippen LogP contribution in [0.3, 0.4) is 0 Å². The standard InChI is InChI=1S/C62H46N2/c1-2-48-51(37-38-58(43-19-8-4-9-20-43)63-62(48)44-21-10-5-11-22-44)56-27-16-26-55-50-24-13-12-23-49(50)52-35-31-45(39-57(52)61(55)56)46-32-36-54-53-25-14-15-28-59(53)64(60(54)40-46)47-33-29-42(30-34-47)41-17-6-3-7-18-41/h3-37,39-40,48,62H,2,38H2,1H3. The molecule has 2 atom stereocenters. The summed E-state index contributed by atoms with van der Waals surface area (Å²) in [4.78, 5) is 5.64. The first kappa shape index (κ1) is 37.9. The van der Waals surface area contributed by atoms with E-state index in [0.29, 0.717) is 0 Å². The molecule has 2 nitrogen and oxygen atoms in total. The zero-order valence-electron chi connectivity index (χ0n) is 35.8. The van der Waals surface area contributed by atoms with Gasteiger partial charge in [-0.15, -0.1) is 0 Å². The minimum absolute atomic E-state index is 0.0132. The first-order chi connectivity index (χ1) is 31.7. The van der Waals surface area contributed by atoms with Gasteiger partial charge in [0.05, 0.1) is 17.1 Å². The molecule has 12 rings (SSSR count). The van der Waals surface area contributed by atoms with Gasteiger partial charge in [-0.1, -0.05) is 201 Å². The molecule has 2 heteroatoms. The van der Waals surface area contributed by atoms with Gasteiger partial charge in [-0.25, -0.2) is 0 Å². The Labute approximate surface area is 374 Å². The van der Waals surface area contributed by atoms with E-state index >= 15 is 0 Å². The van der Waals surface area contributed by atoms with Gasteiger partial charge in [0.25, 0.3) is 0 Å². The fraction of sp³-hybridized carbons (Fsp3) is 0.0806. The van der Waals surface area contributed by atoms with Gasteiger partial charge in [-0.05, 0) is 114 Å². The van der Waals surface area contributed by atoms with Crippen molar-refractivity contribution in [1.29, 1.82) is 0 Å². The van der Waals surface area contributed by atoms with E-state index in [0.717, 1.165) is 24.2 Å². The lowest BCUT2D eigenvalue weighted by Gasteiger charge is -2.27. The van der Waals surface area contributed by atoms with Crippen molar-refractivity contribution in [3.8, 4) is 27.9 Å². The number of hydrogen-bond acceptors (Lipinski definition) is 1. The molecule has 2 unspecified atom stereocenters. The second-order valence-corrected chi connectivity index (χ2v) is 17.2. The minimum Gasteiger partial charge on any atom is -0.309 e. The molecule has 0 saturated carbocycles. The smallest absolute Gasteiger partial charge is 0.0821 e. The van der Waals surface area contributed by atoms with Gasteiger partial charge in [-0.2, -0.15) is 0 Å². The highest BCUT2D eigenvalue weighted by Gasteiger charge is 2.30. The van der Waals surface area contributed by atoms with Crippen molar-refractivity contribution in [3.63, 3.8) is 0 Å². The molecule has 0 bridgehead atoms. The van der Waals surface area contributed by atoms with E-state index in [4.69, 9.17) is 4.99 Å². The summed E-state index contributed by atoms with van der Waals surface area (Å²) in [5, 5.41) is 10.2. The molecule has 0 radical (unpaired) electrons. The average Bonchev–Trinajstić information content (AvgIpc) is 3.57. The molecule has 0 spiro atoms. The summed E-state index contributed by atoms with van der Waals surface area (Å²) in [6.45, 7) is 2.33. The molecule has 0 amide bonds. The fourth-order valence-corrected chi connectivity index (χ4v) is 10.7. The second-order valence-electron chi connectivity index (χ2n) is 17.2. The van der Waals surface area contributed by atoms with Gasteiger partial charge in [0.1, 0.15) is 0 Å². The van der Waals surface area contributed by atoms with Crippen LogP contribution in [-0.4, -0.2) is 10.3 Å². The van der Waals surface area contributed by atoms with Gasteiger partial charge in [0, 0.05) is 34.5 Å². The van der Waals surface area contributed by atoms with Crippen molar-refractivity contribution in [2.45, 2.75) is 25.8 Å². The zero-order chi connectivity index (χ0) is 42.6. The Morgan fingerprint density at radius 1 is 0.438 bits per heavy atom. The van der Waals surface area contributed by atoms with Crippen LogP contribution in [0.5, 0.6) is 0 Å². The van der Waals surface area contributed by atoms with Crippen molar-refractivity contribution >= 4 is 65.4 Å². The molecule has 0 fully saturated rings. The highest BCUT2D eigenvalue weighted by Crippen LogP contribution is 2.47. The van der Waals surface area contributed by atoms with Crippen molar-refractivity contribution in [2.75, 3.05) is 0 Å². The van der Waals surface area contributed by atoms with Crippen LogP contribution in [0.25, 0.3) is 87.6 Å². The van der Waals surface area contributed by atoms with E-state index in [1.807, 2.05) is 0 Å². The zero-order valence-corrected chi connectivity index (χ0v) is 35.8. The molecule has 1 aliphatic heterocycles. The van der Waals surface area contributed by atoms with Crippen molar-refractivity contribution in [1.82, 2.24) is 4.57 Å². The number of nitrogens with zero attached hydrogens (tertiary/aromatic N) is 2. The molecule has 1 aromatic heterocycles. The molecular formula is C62H46N2. The monoisotopic (exact) mass is 818 g/mol. The molecule has 0 aliphatic carbocycles. The third-order valence-corrected chi connectivity index (χ3v) is 13.7. The molecule has 1 aliphatic rings. The maximum atomic E-state index is 5.64. The number of allylic oxidation sites excluding steroid dienone is 1. The fourth-order valence-electron chi connectivity index (χ4n) is 10.7. The van der Waals surface area contributed by atoms with E-state index in [2.05, 4.69) is 236 Å². The van der Waals surface area contributed by atoms with Gasteiger partial charge in [0.2, 0.25) is 0 Å². The van der Waals surface area contributed by atoms with Crippen LogP contribution in [-0.2, 0) is 0 Å². The highest BCUT2D eigenvalue weighted by molar-refractivity contribution is 6.28. The van der Waals surface area contributed by atoms with Crippen LogP contribution in [0, 0.1) is 5.92 Å².